The lowest BCUT2D eigenvalue weighted by Crippen LogP contribution is -1.94. The van der Waals surface area contributed by atoms with Gasteiger partial charge in [0.05, 0.1) is 12.6 Å². The number of benzene rings is 1. The van der Waals surface area contributed by atoms with Crippen molar-refractivity contribution in [2.45, 2.75) is 0 Å². The van der Waals surface area contributed by atoms with Crippen molar-refractivity contribution in [3.05, 3.63) is 55.1 Å². The van der Waals surface area contributed by atoms with Crippen molar-refractivity contribution in [2.24, 2.45) is 7.05 Å². The molecule has 24 heavy (non-hydrogen) atoms. The van der Waals surface area contributed by atoms with E-state index in [1.807, 2.05) is 43.6 Å². The van der Waals surface area contributed by atoms with Gasteiger partial charge in [0.15, 0.2) is 0 Å². The molecular weight excluding hydrogens is 302 g/mol. The highest BCUT2D eigenvalue weighted by atomic mass is 16.5. The number of aryl methyl sites for hydroxylation is 1. The van der Waals surface area contributed by atoms with Gasteiger partial charge in [0, 0.05) is 30.4 Å². The normalized spacial score (nSPS) is 10.9. The number of pyridine rings is 1. The van der Waals surface area contributed by atoms with Crippen LogP contribution in [0.3, 0.4) is 0 Å². The molecule has 3 aromatic heterocycles. The molecule has 1 radical (unpaired) electrons. The predicted octanol–water partition coefficient (Wildman–Crippen LogP) is 2.90. The Morgan fingerprint density at radius 1 is 1.08 bits per heavy atom. The Morgan fingerprint density at radius 2 is 1.92 bits per heavy atom. The van der Waals surface area contributed by atoms with Crippen LogP contribution < -0.4 is 4.74 Å². The second-order valence-electron chi connectivity index (χ2n) is 5.32. The van der Waals surface area contributed by atoms with E-state index in [1.165, 1.54) is 6.33 Å². The Hall–Kier alpha value is -3.28. The maximum atomic E-state index is 5.17. The van der Waals surface area contributed by atoms with Crippen molar-refractivity contribution in [3.63, 3.8) is 0 Å². The van der Waals surface area contributed by atoms with Gasteiger partial charge in [0.2, 0.25) is 0 Å². The van der Waals surface area contributed by atoms with Crippen molar-refractivity contribution >= 4 is 11.0 Å². The molecule has 0 aliphatic heterocycles. The average molecular weight is 316 g/mol. The smallest absolute Gasteiger partial charge is 0.149 e. The van der Waals surface area contributed by atoms with Crippen LogP contribution in [0.15, 0.2) is 48.9 Å². The monoisotopic (exact) mass is 316 g/mol. The Kier molecular flexibility index (Phi) is 3.42. The van der Waals surface area contributed by atoms with Crippen LogP contribution in [0.1, 0.15) is 0 Å². The summed E-state index contributed by atoms with van der Waals surface area (Å²) in [6, 6.07) is 11.8. The Bertz CT molecular complexity index is 1010. The molecule has 0 saturated carbocycles. The number of aromatic nitrogens is 5. The molecule has 4 aromatic rings. The number of hydrogen-bond donors (Lipinski definition) is 0. The summed E-state index contributed by atoms with van der Waals surface area (Å²) in [5, 5.41) is 4.59. The molecule has 0 spiro atoms. The summed E-state index contributed by atoms with van der Waals surface area (Å²) in [5.74, 6) is 0.543. The maximum Gasteiger partial charge on any atom is 0.149 e. The molecule has 0 unspecified atom stereocenters. The highest BCUT2D eigenvalue weighted by Gasteiger charge is 2.17. The van der Waals surface area contributed by atoms with Crippen LogP contribution >= 0.6 is 0 Å². The van der Waals surface area contributed by atoms with E-state index in [1.54, 1.807) is 17.9 Å². The topological polar surface area (TPSA) is 65.7 Å². The average Bonchev–Trinajstić information content (AvgIpc) is 3.03. The molecule has 0 bridgehead atoms. The lowest BCUT2D eigenvalue weighted by Gasteiger charge is -2.06. The van der Waals surface area contributed by atoms with Crippen LogP contribution in [-0.4, -0.2) is 31.8 Å². The summed E-state index contributed by atoms with van der Waals surface area (Å²) in [7, 11) is 3.47. The highest BCUT2D eigenvalue weighted by molar-refractivity contribution is 5.93. The van der Waals surface area contributed by atoms with Gasteiger partial charge in [-0.3, -0.25) is 4.68 Å². The molecular formula is C18H14N5O. The molecule has 6 nitrogen and oxygen atoms in total. The van der Waals surface area contributed by atoms with Crippen LogP contribution in [0.25, 0.3) is 33.5 Å². The number of hydrogen-bond acceptors (Lipinski definition) is 5. The molecule has 0 atom stereocenters. The first-order valence-corrected chi connectivity index (χ1v) is 7.43. The number of methoxy groups -OCH3 is 1. The van der Waals surface area contributed by atoms with E-state index in [-0.39, 0.29) is 0 Å². The molecule has 0 aliphatic rings. The molecule has 0 N–H and O–H groups in total. The van der Waals surface area contributed by atoms with Crippen molar-refractivity contribution in [2.75, 3.05) is 7.11 Å². The minimum Gasteiger partial charge on any atom is -0.494 e. The van der Waals surface area contributed by atoms with E-state index in [4.69, 9.17) is 4.74 Å². The second kappa shape index (κ2) is 5.73. The summed E-state index contributed by atoms with van der Waals surface area (Å²) in [4.78, 5) is 13.1. The van der Waals surface area contributed by atoms with Gasteiger partial charge in [0.1, 0.15) is 35.2 Å². The summed E-state index contributed by atoms with van der Waals surface area (Å²) < 4.78 is 6.95. The SMILES string of the molecule is COc1[c]nc2c(-c3cn(C)nc3-c3ccccc3)ncnc2c1. The lowest BCUT2D eigenvalue weighted by atomic mass is 10.0. The first kappa shape index (κ1) is 14.3. The van der Waals surface area contributed by atoms with Crippen LogP contribution in [0, 0.1) is 6.20 Å². The van der Waals surface area contributed by atoms with Gasteiger partial charge in [0.25, 0.3) is 0 Å². The Morgan fingerprint density at radius 3 is 2.71 bits per heavy atom. The summed E-state index contributed by atoms with van der Waals surface area (Å²) in [6.45, 7) is 0. The number of fused-ring (bicyclic) bond motifs is 1. The van der Waals surface area contributed by atoms with Gasteiger partial charge in [-0.05, 0) is 0 Å². The van der Waals surface area contributed by atoms with E-state index < -0.39 is 0 Å². The fraction of sp³-hybridized carbons (Fsp3) is 0.111. The number of nitrogens with zero attached hydrogens (tertiary/aromatic N) is 5. The van der Waals surface area contributed by atoms with Crippen molar-refractivity contribution in [3.8, 4) is 28.3 Å². The molecule has 4 rings (SSSR count). The first-order valence-electron chi connectivity index (χ1n) is 7.43. The number of ether oxygens (including phenoxy) is 1. The molecule has 0 fully saturated rings. The van der Waals surface area contributed by atoms with Crippen molar-refractivity contribution in [1.29, 1.82) is 0 Å². The van der Waals surface area contributed by atoms with Gasteiger partial charge in [-0.25, -0.2) is 15.0 Å². The third-order valence-corrected chi connectivity index (χ3v) is 3.75. The highest BCUT2D eigenvalue weighted by Crippen LogP contribution is 2.32. The van der Waals surface area contributed by atoms with Gasteiger partial charge in [-0.15, -0.1) is 0 Å². The largest absolute Gasteiger partial charge is 0.494 e. The van der Waals surface area contributed by atoms with E-state index >= 15 is 0 Å². The lowest BCUT2D eigenvalue weighted by molar-refractivity contribution is 0.412. The summed E-state index contributed by atoms with van der Waals surface area (Å²) >= 11 is 0. The quantitative estimate of drug-likeness (QED) is 0.581. The third kappa shape index (κ3) is 2.38. The predicted molar refractivity (Wildman–Crippen MR) is 90.4 cm³/mol. The Labute approximate surface area is 138 Å². The fourth-order valence-corrected chi connectivity index (χ4v) is 2.65. The zero-order valence-corrected chi connectivity index (χ0v) is 13.3. The van der Waals surface area contributed by atoms with Gasteiger partial charge < -0.3 is 4.74 Å². The molecule has 1 aromatic carbocycles. The molecule has 0 amide bonds. The van der Waals surface area contributed by atoms with E-state index in [0.717, 1.165) is 22.5 Å². The zero-order valence-electron chi connectivity index (χ0n) is 13.3. The second-order valence-corrected chi connectivity index (χ2v) is 5.32. The van der Waals surface area contributed by atoms with Crippen LogP contribution in [0.2, 0.25) is 0 Å². The summed E-state index contributed by atoms with van der Waals surface area (Å²) in [5.41, 5.74) is 4.89. The Balaban J connectivity index is 1.96. The third-order valence-electron chi connectivity index (χ3n) is 3.75. The molecule has 117 valence electrons. The number of rotatable bonds is 3. The van der Waals surface area contributed by atoms with Gasteiger partial charge in [-0.2, -0.15) is 5.10 Å². The standard InChI is InChI=1S/C18H14N5O/c1-23-10-14(16(22-23)12-6-4-3-5-7-12)17-18-15(20-11-21-17)8-13(24-2)9-19-18/h3-8,10-11H,1-2H3. The van der Waals surface area contributed by atoms with E-state index in [2.05, 4.69) is 26.2 Å². The van der Waals surface area contributed by atoms with Crippen molar-refractivity contribution in [1.82, 2.24) is 24.7 Å². The molecule has 3 heterocycles. The minimum atomic E-state index is 0.543. The van der Waals surface area contributed by atoms with Crippen molar-refractivity contribution < 1.29 is 4.74 Å². The van der Waals surface area contributed by atoms with Gasteiger partial charge >= 0.3 is 0 Å². The van der Waals surface area contributed by atoms with E-state index in [9.17, 15) is 0 Å². The van der Waals surface area contributed by atoms with Crippen LogP contribution in [0.4, 0.5) is 0 Å². The van der Waals surface area contributed by atoms with E-state index in [0.29, 0.717) is 16.8 Å². The molecule has 0 saturated heterocycles. The molecule has 6 heteroatoms. The molecule has 0 aliphatic carbocycles. The maximum absolute atomic E-state index is 5.17. The minimum absolute atomic E-state index is 0.543. The van der Waals surface area contributed by atoms with Crippen LogP contribution in [-0.2, 0) is 7.05 Å². The first-order chi connectivity index (χ1) is 11.8. The summed E-state index contributed by atoms with van der Waals surface area (Å²) in [6.07, 6.45) is 6.33. The van der Waals surface area contributed by atoms with Crippen LogP contribution in [0.5, 0.6) is 5.75 Å². The van der Waals surface area contributed by atoms with Gasteiger partial charge in [-0.1, -0.05) is 30.3 Å². The fourth-order valence-electron chi connectivity index (χ4n) is 2.65. The zero-order chi connectivity index (χ0) is 16.5.